The van der Waals surface area contributed by atoms with Crippen molar-refractivity contribution in [3.63, 3.8) is 0 Å². The number of hydrogen-bond acceptors (Lipinski definition) is 8. The first-order valence-electron chi connectivity index (χ1n) is 14.5. The number of nitro benzene ring substituents is 2. The van der Waals surface area contributed by atoms with E-state index >= 15 is 0 Å². The summed E-state index contributed by atoms with van der Waals surface area (Å²) in [5.74, 6) is 0.790. The monoisotopic (exact) mass is 616 g/mol. The Morgan fingerprint density at radius 2 is 0.848 bits per heavy atom. The van der Waals surface area contributed by atoms with Crippen LogP contribution in [0.3, 0.4) is 0 Å². The van der Waals surface area contributed by atoms with E-state index in [4.69, 9.17) is 9.05 Å². The fourth-order valence-corrected chi connectivity index (χ4v) is 5.89. The van der Waals surface area contributed by atoms with Crippen molar-refractivity contribution in [2.75, 3.05) is 0 Å². The Hall–Kier alpha value is -5.90. The molecule has 0 spiro atoms. The van der Waals surface area contributed by atoms with Crippen molar-refractivity contribution in [2.45, 2.75) is 41.5 Å². The molecule has 10 heteroatoms. The van der Waals surface area contributed by atoms with Gasteiger partial charge in [0.15, 0.2) is 11.5 Å². The maximum atomic E-state index is 11.2. The van der Waals surface area contributed by atoms with Gasteiger partial charge >= 0.3 is 0 Å². The summed E-state index contributed by atoms with van der Waals surface area (Å²) in [7, 11) is 0. The van der Waals surface area contributed by atoms with E-state index in [9.17, 15) is 20.2 Å². The van der Waals surface area contributed by atoms with Gasteiger partial charge in [0.2, 0.25) is 0 Å². The van der Waals surface area contributed by atoms with Crippen molar-refractivity contribution in [1.82, 2.24) is 10.3 Å². The van der Waals surface area contributed by atoms with Crippen LogP contribution in [0.5, 0.6) is 0 Å². The SMILES string of the molecule is Cc1cc(C)c(-c2cc(-c3ccccc3[N+](=O)[O-])on2)c(C)c1.Cc1cc(C)c(-c2cc(-c3ccccc3[N+](=O)[O-])on2)c(C)c1. The van der Waals surface area contributed by atoms with E-state index in [0.29, 0.717) is 34.0 Å². The summed E-state index contributed by atoms with van der Waals surface area (Å²) in [5.41, 5.74) is 11.0. The first-order valence-corrected chi connectivity index (χ1v) is 14.5. The minimum Gasteiger partial charge on any atom is -0.355 e. The van der Waals surface area contributed by atoms with E-state index in [1.165, 1.54) is 23.3 Å². The third-order valence-electron chi connectivity index (χ3n) is 7.62. The molecule has 46 heavy (non-hydrogen) atoms. The zero-order valence-electron chi connectivity index (χ0n) is 26.3. The minimum absolute atomic E-state index is 0.00699. The highest BCUT2D eigenvalue weighted by Gasteiger charge is 2.21. The number of aryl methyl sites for hydroxylation is 6. The van der Waals surface area contributed by atoms with Gasteiger partial charge in [-0.15, -0.1) is 0 Å². The van der Waals surface area contributed by atoms with Crippen molar-refractivity contribution in [2.24, 2.45) is 0 Å². The van der Waals surface area contributed by atoms with Crippen LogP contribution in [-0.4, -0.2) is 20.2 Å². The predicted molar refractivity (Wildman–Crippen MR) is 176 cm³/mol. The summed E-state index contributed by atoms with van der Waals surface area (Å²) < 4.78 is 10.8. The van der Waals surface area contributed by atoms with Crippen LogP contribution in [0.15, 0.2) is 94.0 Å². The molecule has 0 aliphatic rings. The van der Waals surface area contributed by atoms with E-state index < -0.39 is 9.85 Å². The van der Waals surface area contributed by atoms with Gasteiger partial charge in [-0.2, -0.15) is 0 Å². The molecule has 0 aliphatic carbocycles. The lowest BCUT2D eigenvalue weighted by atomic mass is 9.97. The highest BCUT2D eigenvalue weighted by atomic mass is 16.6. The van der Waals surface area contributed by atoms with E-state index in [-0.39, 0.29) is 11.4 Å². The lowest BCUT2D eigenvalue weighted by Gasteiger charge is -2.07. The molecule has 6 aromatic rings. The third kappa shape index (κ3) is 6.46. The third-order valence-corrected chi connectivity index (χ3v) is 7.62. The average molecular weight is 617 g/mol. The van der Waals surface area contributed by atoms with Crippen LogP contribution in [0.25, 0.3) is 45.2 Å². The molecule has 2 aromatic heterocycles. The summed E-state index contributed by atoms with van der Waals surface area (Å²) in [6, 6.07) is 24.8. The first-order chi connectivity index (χ1) is 21.9. The van der Waals surface area contributed by atoms with E-state index in [1.807, 2.05) is 41.5 Å². The second-order valence-corrected chi connectivity index (χ2v) is 11.2. The van der Waals surface area contributed by atoms with Crippen LogP contribution < -0.4 is 0 Å². The molecular formula is C36H32N4O6. The maximum Gasteiger partial charge on any atom is 0.280 e. The molecule has 0 bridgehead atoms. The second kappa shape index (κ2) is 13.0. The molecule has 2 heterocycles. The molecule has 0 radical (unpaired) electrons. The van der Waals surface area contributed by atoms with Crippen LogP contribution in [0.2, 0.25) is 0 Å². The van der Waals surface area contributed by atoms with Crippen LogP contribution in [0.4, 0.5) is 11.4 Å². The van der Waals surface area contributed by atoms with E-state index in [2.05, 4.69) is 34.6 Å². The highest BCUT2D eigenvalue weighted by Crippen LogP contribution is 2.36. The fraction of sp³-hybridized carbons (Fsp3) is 0.167. The molecule has 0 amide bonds. The van der Waals surface area contributed by atoms with Crippen molar-refractivity contribution in [3.05, 3.63) is 139 Å². The number of nitro groups is 2. The molecule has 0 saturated heterocycles. The van der Waals surface area contributed by atoms with Gasteiger partial charge in [-0.3, -0.25) is 20.2 Å². The van der Waals surface area contributed by atoms with Crippen LogP contribution in [-0.2, 0) is 0 Å². The zero-order valence-corrected chi connectivity index (χ0v) is 26.3. The Morgan fingerprint density at radius 1 is 0.522 bits per heavy atom. The molecule has 0 saturated carbocycles. The molecule has 6 rings (SSSR count). The molecule has 0 unspecified atom stereocenters. The molecule has 232 valence electrons. The normalized spacial score (nSPS) is 10.7. The summed E-state index contributed by atoms with van der Waals surface area (Å²) in [5, 5.41) is 30.6. The van der Waals surface area contributed by atoms with Gasteiger partial charge in [0.05, 0.1) is 21.0 Å². The molecule has 10 nitrogen and oxygen atoms in total. The van der Waals surface area contributed by atoms with Gasteiger partial charge in [0.25, 0.3) is 11.4 Å². The number of rotatable bonds is 6. The summed E-state index contributed by atoms with van der Waals surface area (Å²) >= 11 is 0. The standard InChI is InChI=1S/2C18H16N2O3/c2*1-11-8-12(2)18(13(3)9-11)15-10-17(23-19-15)14-6-4-5-7-16(14)20(21)22/h2*4-10H,1-3H3. The Morgan fingerprint density at radius 3 is 1.17 bits per heavy atom. The summed E-state index contributed by atoms with van der Waals surface area (Å²) in [4.78, 5) is 21.5. The van der Waals surface area contributed by atoms with Gasteiger partial charge in [-0.05, 0) is 75.9 Å². The Kier molecular flexibility index (Phi) is 8.90. The number of benzene rings is 4. The molecule has 0 fully saturated rings. The largest absolute Gasteiger partial charge is 0.355 e. The van der Waals surface area contributed by atoms with Gasteiger partial charge in [0, 0.05) is 35.4 Å². The number of aromatic nitrogens is 2. The van der Waals surface area contributed by atoms with Crippen LogP contribution >= 0.6 is 0 Å². The van der Waals surface area contributed by atoms with Gasteiger partial charge in [0.1, 0.15) is 11.4 Å². The summed E-state index contributed by atoms with van der Waals surface area (Å²) in [6.45, 7) is 12.2. The fourth-order valence-electron chi connectivity index (χ4n) is 5.89. The van der Waals surface area contributed by atoms with Gasteiger partial charge in [-0.1, -0.05) is 70.0 Å². The Bertz CT molecular complexity index is 1900. The van der Waals surface area contributed by atoms with Crippen molar-refractivity contribution >= 4 is 11.4 Å². The summed E-state index contributed by atoms with van der Waals surface area (Å²) in [6.07, 6.45) is 0. The van der Waals surface area contributed by atoms with Crippen LogP contribution in [0, 0.1) is 61.8 Å². The molecule has 4 aromatic carbocycles. The predicted octanol–water partition coefficient (Wildman–Crippen LogP) is 9.68. The minimum atomic E-state index is -0.417. The Labute approximate surface area is 265 Å². The van der Waals surface area contributed by atoms with Gasteiger partial charge in [-0.25, -0.2) is 0 Å². The van der Waals surface area contributed by atoms with Crippen molar-refractivity contribution < 1.29 is 18.9 Å². The van der Waals surface area contributed by atoms with Crippen LogP contribution in [0.1, 0.15) is 33.4 Å². The second-order valence-electron chi connectivity index (χ2n) is 11.2. The van der Waals surface area contributed by atoms with E-state index in [0.717, 1.165) is 33.4 Å². The topological polar surface area (TPSA) is 138 Å². The Balaban J connectivity index is 0.000000181. The van der Waals surface area contributed by atoms with Crippen molar-refractivity contribution in [3.8, 4) is 45.2 Å². The lowest BCUT2D eigenvalue weighted by molar-refractivity contribution is -0.384. The van der Waals surface area contributed by atoms with Gasteiger partial charge < -0.3 is 9.05 Å². The molecular weight excluding hydrogens is 584 g/mol. The number of nitrogens with zero attached hydrogens (tertiary/aromatic N) is 4. The zero-order chi connectivity index (χ0) is 33.1. The first kappa shape index (κ1) is 31.5. The van der Waals surface area contributed by atoms with E-state index in [1.54, 1.807) is 48.5 Å². The highest BCUT2D eigenvalue weighted by molar-refractivity contribution is 5.77. The number of hydrogen-bond donors (Lipinski definition) is 0. The average Bonchev–Trinajstić information content (AvgIpc) is 3.67. The molecule has 0 atom stereocenters. The maximum absolute atomic E-state index is 11.2. The molecule has 0 aliphatic heterocycles. The molecule has 0 N–H and O–H groups in total. The lowest BCUT2D eigenvalue weighted by Crippen LogP contribution is -1.91. The number of para-hydroxylation sites is 2. The quantitative estimate of drug-likeness (QED) is 0.133. The van der Waals surface area contributed by atoms with Crippen molar-refractivity contribution in [1.29, 1.82) is 0 Å². The smallest absolute Gasteiger partial charge is 0.280 e.